The van der Waals surface area contributed by atoms with Crippen LogP contribution in [0.3, 0.4) is 0 Å². The Morgan fingerprint density at radius 1 is 0.944 bits per heavy atom. The molecule has 2 nitrogen and oxygen atoms in total. The molecule has 1 aromatic carbocycles. The second kappa shape index (κ2) is 4.60. The lowest BCUT2D eigenvalue weighted by Gasteiger charge is -2.13. The van der Waals surface area contributed by atoms with Crippen LogP contribution in [0.15, 0.2) is 18.2 Å². The van der Waals surface area contributed by atoms with Gasteiger partial charge in [0, 0.05) is 5.56 Å². The van der Waals surface area contributed by atoms with Crippen LogP contribution in [-0.2, 0) is 12.4 Å². The third kappa shape index (κ3) is 3.22. The number of aliphatic hydroxyl groups is 1. The molecule has 0 aliphatic carbocycles. The molecule has 0 bridgehead atoms. The summed E-state index contributed by atoms with van der Waals surface area (Å²) in [7, 11) is 0. The van der Waals surface area contributed by atoms with Crippen LogP contribution < -0.4 is 0 Å². The zero-order chi connectivity index (χ0) is 14.1. The maximum atomic E-state index is 12.4. The molecule has 0 saturated heterocycles. The van der Waals surface area contributed by atoms with Gasteiger partial charge in [0.2, 0.25) is 0 Å². The molecule has 0 unspecified atom stereocenters. The molecule has 18 heavy (non-hydrogen) atoms. The minimum absolute atomic E-state index is 0.0891. The molecular weight excluding hydrogens is 266 g/mol. The van der Waals surface area contributed by atoms with Crippen LogP contribution >= 0.6 is 0 Å². The molecule has 0 saturated carbocycles. The van der Waals surface area contributed by atoms with Gasteiger partial charge in [0.25, 0.3) is 0 Å². The van der Waals surface area contributed by atoms with Crippen molar-refractivity contribution in [3.8, 4) is 0 Å². The summed E-state index contributed by atoms with van der Waals surface area (Å²) < 4.78 is 74.2. The first-order valence-corrected chi connectivity index (χ1v) is 4.49. The van der Waals surface area contributed by atoms with Crippen molar-refractivity contribution < 1.29 is 36.2 Å². The number of halogens is 6. The molecule has 1 N–H and O–H groups in total. The third-order valence-corrected chi connectivity index (χ3v) is 2.05. The lowest BCUT2D eigenvalue weighted by Crippen LogP contribution is -2.14. The van der Waals surface area contributed by atoms with Crippen molar-refractivity contribution in [2.45, 2.75) is 12.4 Å². The Balaban J connectivity index is 3.44. The van der Waals surface area contributed by atoms with Gasteiger partial charge in [-0.1, -0.05) is 0 Å². The lowest BCUT2D eigenvalue weighted by molar-refractivity contribution is -0.143. The highest BCUT2D eigenvalue weighted by Gasteiger charge is 2.37. The molecule has 0 heterocycles. The normalized spacial score (nSPS) is 12.6. The summed E-state index contributed by atoms with van der Waals surface area (Å²) in [6.45, 7) is -1.17. The number of hydrogen-bond donors (Lipinski definition) is 1. The third-order valence-electron chi connectivity index (χ3n) is 2.05. The van der Waals surface area contributed by atoms with Crippen molar-refractivity contribution in [2.75, 3.05) is 6.61 Å². The van der Waals surface area contributed by atoms with Crippen molar-refractivity contribution in [1.82, 2.24) is 0 Å². The van der Waals surface area contributed by atoms with Gasteiger partial charge < -0.3 is 5.11 Å². The van der Waals surface area contributed by atoms with Gasteiger partial charge in [-0.2, -0.15) is 26.3 Å². The van der Waals surface area contributed by atoms with E-state index in [-0.39, 0.29) is 18.2 Å². The summed E-state index contributed by atoms with van der Waals surface area (Å²) in [5.74, 6) is -1.22. The number of aliphatic hydroxyl groups excluding tert-OH is 1. The Bertz CT molecular complexity index is 428. The van der Waals surface area contributed by atoms with E-state index in [1.165, 1.54) is 0 Å². The fourth-order valence-electron chi connectivity index (χ4n) is 1.21. The average Bonchev–Trinajstić information content (AvgIpc) is 2.25. The smallest absolute Gasteiger partial charge is 0.388 e. The lowest BCUT2D eigenvalue weighted by atomic mass is 10.0. The fraction of sp³-hybridized carbons (Fsp3) is 0.300. The number of Topliss-reactive ketones (excluding diaryl/α,β-unsaturated/α-hetero) is 1. The van der Waals surface area contributed by atoms with E-state index in [4.69, 9.17) is 5.11 Å². The van der Waals surface area contributed by atoms with E-state index < -0.39 is 41.4 Å². The predicted octanol–water partition coefficient (Wildman–Crippen LogP) is 2.90. The Morgan fingerprint density at radius 2 is 1.33 bits per heavy atom. The van der Waals surface area contributed by atoms with Gasteiger partial charge in [-0.25, -0.2) is 0 Å². The van der Waals surface area contributed by atoms with Gasteiger partial charge in [0.1, 0.15) is 6.61 Å². The van der Waals surface area contributed by atoms with Gasteiger partial charge >= 0.3 is 12.4 Å². The van der Waals surface area contributed by atoms with Crippen LogP contribution in [0.1, 0.15) is 21.5 Å². The van der Waals surface area contributed by atoms with Crippen LogP contribution in [-0.4, -0.2) is 17.5 Å². The van der Waals surface area contributed by atoms with Gasteiger partial charge in [0.15, 0.2) is 5.78 Å². The van der Waals surface area contributed by atoms with Crippen LogP contribution in [0.25, 0.3) is 0 Å². The van der Waals surface area contributed by atoms with Gasteiger partial charge in [-0.3, -0.25) is 4.79 Å². The SMILES string of the molecule is O=C(CO)c1cc(C(F)(F)F)cc(C(F)(F)F)c1. The Morgan fingerprint density at radius 3 is 1.61 bits per heavy atom. The molecule has 100 valence electrons. The van der Waals surface area contributed by atoms with E-state index in [0.29, 0.717) is 0 Å². The predicted molar refractivity (Wildman–Crippen MR) is 47.9 cm³/mol. The van der Waals surface area contributed by atoms with E-state index in [0.717, 1.165) is 0 Å². The second-order valence-electron chi connectivity index (χ2n) is 3.38. The van der Waals surface area contributed by atoms with Crippen molar-refractivity contribution in [3.63, 3.8) is 0 Å². The van der Waals surface area contributed by atoms with E-state index in [9.17, 15) is 31.1 Å². The standard InChI is InChI=1S/C10H6F6O2/c11-9(12,13)6-1-5(8(18)4-17)2-7(3-6)10(14,15)16/h1-3,17H,4H2. The maximum absolute atomic E-state index is 12.4. The first-order chi connectivity index (χ1) is 8.05. The molecule has 0 spiro atoms. The zero-order valence-electron chi connectivity index (χ0n) is 8.56. The molecule has 1 rings (SSSR count). The Hall–Kier alpha value is -1.57. The number of rotatable bonds is 2. The number of carbonyl (C=O) groups is 1. The summed E-state index contributed by atoms with van der Waals surface area (Å²) in [6.07, 6.45) is -10.0. The molecule has 0 aliphatic rings. The topological polar surface area (TPSA) is 37.3 Å². The van der Waals surface area contributed by atoms with E-state index >= 15 is 0 Å². The summed E-state index contributed by atoms with van der Waals surface area (Å²) in [5.41, 5.74) is -4.01. The molecular formula is C10H6F6O2. The Kier molecular flexibility index (Phi) is 3.70. The average molecular weight is 272 g/mol. The molecule has 8 heteroatoms. The molecule has 0 fully saturated rings. The summed E-state index contributed by atoms with van der Waals surface area (Å²) >= 11 is 0. The monoisotopic (exact) mass is 272 g/mol. The maximum Gasteiger partial charge on any atom is 0.416 e. The number of alkyl halides is 6. The van der Waals surface area contributed by atoms with E-state index in [2.05, 4.69) is 0 Å². The molecule has 0 aliphatic heterocycles. The molecule has 0 aromatic heterocycles. The highest BCUT2D eigenvalue weighted by atomic mass is 19.4. The largest absolute Gasteiger partial charge is 0.416 e. The molecule has 0 radical (unpaired) electrons. The molecule has 0 atom stereocenters. The Labute approximate surface area is 96.8 Å². The van der Waals surface area contributed by atoms with Crippen LogP contribution in [0, 0.1) is 0 Å². The van der Waals surface area contributed by atoms with E-state index in [1.807, 2.05) is 0 Å². The van der Waals surface area contributed by atoms with Crippen molar-refractivity contribution in [3.05, 3.63) is 34.9 Å². The molecule has 1 aromatic rings. The first-order valence-electron chi connectivity index (χ1n) is 4.49. The fourth-order valence-corrected chi connectivity index (χ4v) is 1.21. The summed E-state index contributed by atoms with van der Waals surface area (Å²) in [4.78, 5) is 11.0. The van der Waals surface area contributed by atoms with E-state index in [1.54, 1.807) is 0 Å². The van der Waals surface area contributed by atoms with Gasteiger partial charge in [0.05, 0.1) is 11.1 Å². The first kappa shape index (κ1) is 14.5. The number of ketones is 1. The zero-order valence-corrected chi connectivity index (χ0v) is 8.56. The minimum atomic E-state index is -5.01. The quantitative estimate of drug-likeness (QED) is 0.664. The minimum Gasteiger partial charge on any atom is -0.388 e. The molecule has 0 amide bonds. The van der Waals surface area contributed by atoms with Crippen molar-refractivity contribution in [1.29, 1.82) is 0 Å². The number of benzene rings is 1. The van der Waals surface area contributed by atoms with Gasteiger partial charge in [-0.05, 0) is 18.2 Å². The van der Waals surface area contributed by atoms with Crippen molar-refractivity contribution >= 4 is 5.78 Å². The van der Waals surface area contributed by atoms with Crippen LogP contribution in [0.4, 0.5) is 26.3 Å². The van der Waals surface area contributed by atoms with Crippen LogP contribution in [0.2, 0.25) is 0 Å². The summed E-state index contributed by atoms with van der Waals surface area (Å²) in [6, 6.07) is 0.454. The van der Waals surface area contributed by atoms with Gasteiger partial charge in [-0.15, -0.1) is 0 Å². The highest BCUT2D eigenvalue weighted by Crippen LogP contribution is 2.36. The number of carbonyl (C=O) groups excluding carboxylic acids is 1. The van der Waals surface area contributed by atoms with Crippen LogP contribution in [0.5, 0.6) is 0 Å². The van der Waals surface area contributed by atoms with Crippen molar-refractivity contribution in [2.24, 2.45) is 0 Å². The summed E-state index contributed by atoms with van der Waals surface area (Å²) in [5, 5.41) is 8.46. The highest BCUT2D eigenvalue weighted by molar-refractivity contribution is 5.97. The second-order valence-corrected chi connectivity index (χ2v) is 3.38. The number of hydrogen-bond acceptors (Lipinski definition) is 2.